The van der Waals surface area contributed by atoms with Crippen LogP contribution < -0.4 is 10.1 Å². The molecule has 4 nitrogen and oxygen atoms in total. The van der Waals surface area contributed by atoms with E-state index < -0.39 is 24.1 Å². The highest BCUT2D eigenvalue weighted by molar-refractivity contribution is 5.73. The molecule has 0 amide bonds. The van der Waals surface area contributed by atoms with E-state index in [9.17, 15) is 18.0 Å². The predicted molar refractivity (Wildman–Crippen MR) is 72.3 cm³/mol. The number of alkyl halides is 3. The molecule has 2 atom stereocenters. The van der Waals surface area contributed by atoms with Crippen molar-refractivity contribution in [2.24, 2.45) is 5.92 Å². The monoisotopic (exact) mass is 305 g/mol. The minimum atomic E-state index is -4.58. The van der Waals surface area contributed by atoms with Gasteiger partial charge in [-0.1, -0.05) is 0 Å². The minimum Gasteiger partial charge on any atom is -0.497 e. The smallest absolute Gasteiger partial charge is 0.409 e. The zero-order chi connectivity index (χ0) is 16.0. The summed E-state index contributed by atoms with van der Waals surface area (Å²) in [5.74, 6) is -1.71. The first-order valence-corrected chi connectivity index (χ1v) is 6.43. The summed E-state index contributed by atoms with van der Waals surface area (Å²) in [6, 6.07) is 3.95. The Morgan fingerprint density at radius 1 is 1.29 bits per heavy atom. The van der Waals surface area contributed by atoms with Crippen LogP contribution in [0.5, 0.6) is 5.75 Å². The summed E-state index contributed by atoms with van der Waals surface area (Å²) >= 11 is 0. The van der Waals surface area contributed by atoms with Crippen molar-refractivity contribution < 1.29 is 27.4 Å². The van der Waals surface area contributed by atoms with Crippen LogP contribution in [-0.4, -0.2) is 31.9 Å². The van der Waals surface area contributed by atoms with E-state index in [1.54, 1.807) is 6.92 Å². The number of rotatable bonds is 6. The highest BCUT2D eigenvalue weighted by atomic mass is 19.4. The Hall–Kier alpha value is -1.92. The van der Waals surface area contributed by atoms with Crippen LogP contribution in [0.25, 0.3) is 0 Å². The molecule has 1 aromatic rings. The van der Waals surface area contributed by atoms with Crippen molar-refractivity contribution in [1.82, 2.24) is 0 Å². The second-order valence-electron chi connectivity index (χ2n) is 4.43. The molecule has 0 unspecified atom stereocenters. The van der Waals surface area contributed by atoms with Gasteiger partial charge in [0.05, 0.1) is 19.6 Å². The molecule has 0 fully saturated rings. The third-order valence-electron chi connectivity index (χ3n) is 2.92. The standard InChI is InChI=1S/C14H18F3NO3/c1-4-21-13(19)9(2)12(14(15,16)17)18-10-5-7-11(20-3)8-6-10/h5-9,12,18H,4H2,1-3H3/t9-,12-/m1/s1. The van der Waals surface area contributed by atoms with E-state index in [4.69, 9.17) is 4.74 Å². The highest BCUT2D eigenvalue weighted by Crippen LogP contribution is 2.30. The Morgan fingerprint density at radius 2 is 1.86 bits per heavy atom. The second-order valence-corrected chi connectivity index (χ2v) is 4.43. The summed E-state index contributed by atoms with van der Waals surface area (Å²) in [4.78, 5) is 11.5. The molecule has 0 heterocycles. The van der Waals surface area contributed by atoms with E-state index in [1.807, 2.05) is 0 Å². The second kappa shape index (κ2) is 7.19. The van der Waals surface area contributed by atoms with Crippen molar-refractivity contribution in [1.29, 1.82) is 0 Å². The average Bonchev–Trinajstić information content (AvgIpc) is 2.43. The number of carbonyl (C=O) groups excluding carboxylic acids is 1. The van der Waals surface area contributed by atoms with Crippen LogP contribution in [0.4, 0.5) is 18.9 Å². The van der Waals surface area contributed by atoms with Crippen molar-refractivity contribution in [3.8, 4) is 5.75 Å². The molecule has 118 valence electrons. The Morgan fingerprint density at radius 3 is 2.29 bits per heavy atom. The van der Waals surface area contributed by atoms with Crippen LogP contribution in [0.3, 0.4) is 0 Å². The summed E-state index contributed by atoms with van der Waals surface area (Å²) in [6.07, 6.45) is -4.58. The van der Waals surface area contributed by atoms with E-state index in [1.165, 1.54) is 38.3 Å². The average molecular weight is 305 g/mol. The molecule has 21 heavy (non-hydrogen) atoms. The van der Waals surface area contributed by atoms with E-state index >= 15 is 0 Å². The molecule has 0 bridgehead atoms. The molecule has 0 spiro atoms. The maximum absolute atomic E-state index is 13.1. The van der Waals surface area contributed by atoms with E-state index in [0.29, 0.717) is 5.75 Å². The van der Waals surface area contributed by atoms with Crippen LogP contribution in [0.2, 0.25) is 0 Å². The van der Waals surface area contributed by atoms with Crippen LogP contribution in [0.15, 0.2) is 24.3 Å². The van der Waals surface area contributed by atoms with Crippen molar-refractivity contribution in [2.45, 2.75) is 26.1 Å². The quantitative estimate of drug-likeness (QED) is 0.820. The zero-order valence-corrected chi connectivity index (χ0v) is 12.0. The van der Waals surface area contributed by atoms with Crippen molar-refractivity contribution in [3.05, 3.63) is 24.3 Å². The molecule has 0 aromatic heterocycles. The lowest BCUT2D eigenvalue weighted by atomic mass is 10.0. The molecule has 7 heteroatoms. The number of hydrogen-bond acceptors (Lipinski definition) is 4. The molecule has 0 aliphatic heterocycles. The minimum absolute atomic E-state index is 0.0380. The van der Waals surface area contributed by atoms with Gasteiger partial charge in [-0.15, -0.1) is 0 Å². The van der Waals surface area contributed by atoms with Gasteiger partial charge in [-0.25, -0.2) is 0 Å². The fourth-order valence-corrected chi connectivity index (χ4v) is 1.77. The molecule has 0 aliphatic rings. The first-order chi connectivity index (χ1) is 9.79. The zero-order valence-electron chi connectivity index (χ0n) is 12.0. The Balaban J connectivity index is 2.90. The maximum Gasteiger partial charge on any atom is 0.409 e. The number of halogens is 3. The normalized spacial score (nSPS) is 14.2. The van der Waals surface area contributed by atoms with Gasteiger partial charge >= 0.3 is 12.1 Å². The van der Waals surface area contributed by atoms with E-state index in [2.05, 4.69) is 10.1 Å². The molecule has 0 saturated heterocycles. The number of nitrogens with one attached hydrogen (secondary N) is 1. The fraction of sp³-hybridized carbons (Fsp3) is 0.500. The molecule has 1 rings (SSSR count). The van der Waals surface area contributed by atoms with Gasteiger partial charge in [-0.3, -0.25) is 4.79 Å². The topological polar surface area (TPSA) is 47.6 Å². The first-order valence-electron chi connectivity index (χ1n) is 6.43. The van der Waals surface area contributed by atoms with Crippen molar-refractivity contribution in [3.63, 3.8) is 0 Å². The first kappa shape index (κ1) is 17.1. The van der Waals surface area contributed by atoms with Gasteiger partial charge in [-0.05, 0) is 38.1 Å². The largest absolute Gasteiger partial charge is 0.497 e. The van der Waals surface area contributed by atoms with E-state index in [-0.39, 0.29) is 12.3 Å². The number of benzene rings is 1. The van der Waals surface area contributed by atoms with Gasteiger partial charge in [0.15, 0.2) is 0 Å². The van der Waals surface area contributed by atoms with Crippen LogP contribution >= 0.6 is 0 Å². The Bertz CT molecular complexity index is 460. The predicted octanol–water partition coefficient (Wildman–Crippen LogP) is 3.24. The summed E-state index contributed by atoms with van der Waals surface area (Å²) in [6.45, 7) is 2.77. The number of methoxy groups -OCH3 is 1. The van der Waals surface area contributed by atoms with E-state index in [0.717, 1.165) is 0 Å². The molecule has 1 N–H and O–H groups in total. The third kappa shape index (κ3) is 4.84. The van der Waals surface area contributed by atoms with Gasteiger partial charge in [0, 0.05) is 5.69 Å². The van der Waals surface area contributed by atoms with Crippen LogP contribution in [0, 0.1) is 5.92 Å². The lowest BCUT2D eigenvalue weighted by molar-refractivity contribution is -0.171. The maximum atomic E-state index is 13.1. The molecule has 1 aromatic carbocycles. The molecular weight excluding hydrogens is 287 g/mol. The van der Waals surface area contributed by atoms with Crippen molar-refractivity contribution >= 4 is 11.7 Å². The van der Waals surface area contributed by atoms with Gasteiger partial charge in [0.25, 0.3) is 0 Å². The van der Waals surface area contributed by atoms with Gasteiger partial charge in [-0.2, -0.15) is 13.2 Å². The Kier molecular flexibility index (Phi) is 5.87. The lowest BCUT2D eigenvalue weighted by Crippen LogP contribution is -2.45. The number of ether oxygens (including phenoxy) is 2. The van der Waals surface area contributed by atoms with Gasteiger partial charge in [0.1, 0.15) is 11.8 Å². The van der Waals surface area contributed by atoms with Crippen molar-refractivity contribution in [2.75, 3.05) is 19.0 Å². The highest BCUT2D eigenvalue weighted by Gasteiger charge is 2.46. The third-order valence-corrected chi connectivity index (χ3v) is 2.92. The summed E-state index contributed by atoms with van der Waals surface area (Å²) in [7, 11) is 1.46. The number of hydrogen-bond donors (Lipinski definition) is 1. The fourth-order valence-electron chi connectivity index (χ4n) is 1.77. The Labute approximate surface area is 121 Å². The summed E-state index contributed by atoms with van der Waals surface area (Å²) in [5, 5.41) is 2.33. The van der Waals surface area contributed by atoms with Crippen LogP contribution in [0.1, 0.15) is 13.8 Å². The molecule has 0 aliphatic carbocycles. The summed E-state index contributed by atoms with van der Waals surface area (Å²) < 4.78 is 48.9. The molecule has 0 saturated carbocycles. The molecular formula is C14H18F3NO3. The SMILES string of the molecule is CCOC(=O)[C@H](C)[C@@H](Nc1ccc(OC)cc1)C(F)(F)F. The number of carbonyl (C=O) groups is 1. The lowest BCUT2D eigenvalue weighted by Gasteiger charge is -2.27. The number of anilines is 1. The van der Waals surface area contributed by atoms with Gasteiger partial charge < -0.3 is 14.8 Å². The summed E-state index contributed by atoms with van der Waals surface area (Å²) in [5.41, 5.74) is 0.245. The van der Waals surface area contributed by atoms with Crippen LogP contribution in [-0.2, 0) is 9.53 Å². The molecule has 0 radical (unpaired) electrons. The number of esters is 1. The van der Waals surface area contributed by atoms with Gasteiger partial charge in [0.2, 0.25) is 0 Å².